The minimum absolute atomic E-state index is 0.267. The third kappa shape index (κ3) is 2.11. The maximum Gasteiger partial charge on any atom is 0.256 e. The number of aromatic amines is 2. The van der Waals surface area contributed by atoms with Crippen molar-refractivity contribution in [2.24, 2.45) is 0 Å². The minimum atomic E-state index is -0.267. The van der Waals surface area contributed by atoms with E-state index in [1.807, 2.05) is 30.3 Å². The first kappa shape index (κ1) is 14.2. The molecule has 4 nitrogen and oxygen atoms in total. The molecule has 0 saturated carbocycles. The van der Waals surface area contributed by atoms with Crippen LogP contribution in [0.15, 0.2) is 47.3 Å². The van der Waals surface area contributed by atoms with Gasteiger partial charge in [0.2, 0.25) is 0 Å². The lowest BCUT2D eigenvalue weighted by atomic mass is 10.0. The Morgan fingerprint density at radius 1 is 1.00 bits per heavy atom. The second-order valence-corrected chi connectivity index (χ2v) is 6.06. The van der Waals surface area contributed by atoms with Crippen molar-refractivity contribution in [1.29, 1.82) is 0 Å². The smallest absolute Gasteiger partial charge is 0.256 e. The monoisotopic (exact) mass is 343 g/mol. The molecule has 2 aromatic carbocycles. The molecule has 2 heterocycles. The standard InChI is InChI=1S/C17H11Cl2N3O/c18-14-11(20)6-5-8-7-10(17(23)22-15(8)14)13-9-3-1-2-4-12(9)21-16(13)19/h1-7,21H,20H2,(H,22,23). The van der Waals surface area contributed by atoms with Crippen LogP contribution in [-0.4, -0.2) is 9.97 Å². The van der Waals surface area contributed by atoms with Crippen LogP contribution in [0.3, 0.4) is 0 Å². The van der Waals surface area contributed by atoms with Gasteiger partial charge in [-0.2, -0.15) is 0 Å². The summed E-state index contributed by atoms with van der Waals surface area (Å²) in [6, 6.07) is 13.0. The van der Waals surface area contributed by atoms with Gasteiger partial charge in [0.05, 0.1) is 21.8 Å². The van der Waals surface area contributed by atoms with Crippen molar-refractivity contribution in [3.8, 4) is 11.1 Å². The molecule has 0 aliphatic rings. The van der Waals surface area contributed by atoms with Crippen LogP contribution in [0.1, 0.15) is 0 Å². The highest BCUT2D eigenvalue weighted by Gasteiger charge is 2.16. The summed E-state index contributed by atoms with van der Waals surface area (Å²) in [7, 11) is 0. The molecule has 0 aliphatic carbocycles. The Balaban J connectivity index is 2.09. The molecule has 0 fully saturated rings. The quantitative estimate of drug-likeness (QED) is 0.443. The van der Waals surface area contributed by atoms with Crippen LogP contribution in [-0.2, 0) is 0 Å². The number of hydrogen-bond acceptors (Lipinski definition) is 2. The summed E-state index contributed by atoms with van der Waals surface area (Å²) in [6.07, 6.45) is 0. The number of nitrogens with one attached hydrogen (secondary N) is 2. The Hall–Kier alpha value is -2.43. The van der Waals surface area contributed by atoms with E-state index in [0.29, 0.717) is 32.5 Å². The molecule has 0 unspecified atom stereocenters. The van der Waals surface area contributed by atoms with Crippen LogP contribution in [0.4, 0.5) is 5.69 Å². The number of fused-ring (bicyclic) bond motifs is 2. The molecule has 4 N–H and O–H groups in total. The van der Waals surface area contributed by atoms with E-state index < -0.39 is 0 Å². The topological polar surface area (TPSA) is 74.7 Å². The zero-order valence-electron chi connectivity index (χ0n) is 11.8. The first-order chi connectivity index (χ1) is 11.1. The Bertz CT molecular complexity index is 1130. The summed E-state index contributed by atoms with van der Waals surface area (Å²) in [5, 5.41) is 2.46. The van der Waals surface area contributed by atoms with Crippen molar-refractivity contribution in [3.63, 3.8) is 0 Å². The maximum atomic E-state index is 12.6. The summed E-state index contributed by atoms with van der Waals surface area (Å²) in [5.41, 5.74) is 8.51. The van der Waals surface area contributed by atoms with Crippen molar-refractivity contribution < 1.29 is 0 Å². The van der Waals surface area contributed by atoms with E-state index >= 15 is 0 Å². The minimum Gasteiger partial charge on any atom is -0.397 e. The molecular weight excluding hydrogens is 333 g/mol. The molecule has 6 heteroatoms. The van der Waals surface area contributed by atoms with Crippen LogP contribution in [0.25, 0.3) is 32.9 Å². The molecule has 2 aromatic heterocycles. The van der Waals surface area contributed by atoms with Crippen LogP contribution in [0.2, 0.25) is 10.2 Å². The lowest BCUT2D eigenvalue weighted by molar-refractivity contribution is 1.31. The average molecular weight is 344 g/mol. The van der Waals surface area contributed by atoms with Gasteiger partial charge in [-0.3, -0.25) is 4.79 Å². The molecular formula is C17H11Cl2N3O. The van der Waals surface area contributed by atoms with Gasteiger partial charge in [-0.1, -0.05) is 47.5 Å². The van der Waals surface area contributed by atoms with Gasteiger partial charge in [0.25, 0.3) is 5.56 Å². The van der Waals surface area contributed by atoms with Crippen molar-refractivity contribution in [2.75, 3.05) is 5.73 Å². The van der Waals surface area contributed by atoms with Gasteiger partial charge >= 0.3 is 0 Å². The second-order valence-electron chi connectivity index (χ2n) is 5.30. The van der Waals surface area contributed by atoms with E-state index in [1.165, 1.54) is 0 Å². The van der Waals surface area contributed by atoms with Crippen LogP contribution in [0.5, 0.6) is 0 Å². The van der Waals surface area contributed by atoms with Gasteiger partial charge in [-0.25, -0.2) is 0 Å². The van der Waals surface area contributed by atoms with E-state index in [4.69, 9.17) is 28.9 Å². The maximum absolute atomic E-state index is 12.6. The number of anilines is 1. The van der Waals surface area contributed by atoms with Crippen molar-refractivity contribution in [2.45, 2.75) is 0 Å². The van der Waals surface area contributed by atoms with Crippen LogP contribution in [0, 0.1) is 0 Å². The number of benzene rings is 2. The van der Waals surface area contributed by atoms with E-state index in [0.717, 1.165) is 16.3 Å². The molecule has 23 heavy (non-hydrogen) atoms. The molecule has 0 radical (unpaired) electrons. The normalized spacial score (nSPS) is 11.4. The van der Waals surface area contributed by atoms with E-state index in [-0.39, 0.29) is 5.56 Å². The lowest BCUT2D eigenvalue weighted by Crippen LogP contribution is -2.09. The van der Waals surface area contributed by atoms with Crippen molar-refractivity contribution in [1.82, 2.24) is 9.97 Å². The first-order valence-corrected chi connectivity index (χ1v) is 7.69. The van der Waals surface area contributed by atoms with Gasteiger partial charge in [-0.15, -0.1) is 0 Å². The molecule has 4 aromatic rings. The number of rotatable bonds is 1. The van der Waals surface area contributed by atoms with E-state index in [9.17, 15) is 4.79 Å². The van der Waals surface area contributed by atoms with Gasteiger partial charge in [0.1, 0.15) is 5.15 Å². The average Bonchev–Trinajstić information content (AvgIpc) is 2.87. The summed E-state index contributed by atoms with van der Waals surface area (Å²) >= 11 is 12.5. The van der Waals surface area contributed by atoms with Gasteiger partial charge in [0, 0.05) is 21.9 Å². The second kappa shape index (κ2) is 5.05. The fourth-order valence-electron chi connectivity index (χ4n) is 2.81. The number of pyridine rings is 1. The molecule has 0 atom stereocenters. The summed E-state index contributed by atoms with van der Waals surface area (Å²) in [4.78, 5) is 18.5. The molecule has 4 rings (SSSR count). The Morgan fingerprint density at radius 2 is 1.78 bits per heavy atom. The third-order valence-corrected chi connectivity index (χ3v) is 4.61. The highest BCUT2D eigenvalue weighted by Crippen LogP contribution is 2.35. The fraction of sp³-hybridized carbons (Fsp3) is 0. The highest BCUT2D eigenvalue weighted by molar-refractivity contribution is 6.37. The Labute approximate surface area is 140 Å². The summed E-state index contributed by atoms with van der Waals surface area (Å²) in [6.45, 7) is 0. The largest absolute Gasteiger partial charge is 0.397 e. The summed E-state index contributed by atoms with van der Waals surface area (Å²) < 4.78 is 0. The number of nitrogen functional groups attached to an aromatic ring is 1. The molecule has 0 amide bonds. The predicted molar refractivity (Wildman–Crippen MR) is 96.3 cm³/mol. The number of H-pyrrole nitrogens is 2. The SMILES string of the molecule is Nc1ccc2cc(-c3c(Cl)[nH]c4ccccc34)c(=O)[nH]c2c1Cl. The summed E-state index contributed by atoms with van der Waals surface area (Å²) in [5.74, 6) is 0. The highest BCUT2D eigenvalue weighted by atomic mass is 35.5. The van der Waals surface area contributed by atoms with Gasteiger partial charge in [0.15, 0.2) is 0 Å². The molecule has 0 aliphatic heterocycles. The van der Waals surface area contributed by atoms with Crippen LogP contribution >= 0.6 is 23.2 Å². The van der Waals surface area contributed by atoms with Crippen LogP contribution < -0.4 is 11.3 Å². The predicted octanol–water partition coefficient (Wildman–Crippen LogP) is 4.57. The molecule has 0 bridgehead atoms. The number of nitrogens with two attached hydrogens (primary N) is 1. The number of aromatic nitrogens is 2. The number of halogens is 2. The van der Waals surface area contributed by atoms with Crippen molar-refractivity contribution in [3.05, 3.63) is 63.0 Å². The molecule has 0 spiro atoms. The Kier molecular flexibility index (Phi) is 3.11. The van der Waals surface area contributed by atoms with Gasteiger partial charge in [-0.05, 0) is 18.2 Å². The number of para-hydroxylation sites is 1. The zero-order valence-corrected chi connectivity index (χ0v) is 13.3. The first-order valence-electron chi connectivity index (χ1n) is 6.94. The van der Waals surface area contributed by atoms with Crippen molar-refractivity contribution >= 4 is 50.7 Å². The Morgan fingerprint density at radius 3 is 2.61 bits per heavy atom. The lowest BCUT2D eigenvalue weighted by Gasteiger charge is -2.06. The zero-order chi connectivity index (χ0) is 16.1. The van der Waals surface area contributed by atoms with E-state index in [1.54, 1.807) is 12.1 Å². The van der Waals surface area contributed by atoms with E-state index in [2.05, 4.69) is 9.97 Å². The molecule has 0 saturated heterocycles. The molecule has 114 valence electrons. The fourth-order valence-corrected chi connectivity index (χ4v) is 3.34. The number of hydrogen-bond donors (Lipinski definition) is 3. The third-order valence-electron chi connectivity index (χ3n) is 3.92. The van der Waals surface area contributed by atoms with Gasteiger partial charge < -0.3 is 15.7 Å².